The number of benzene rings is 1. The van der Waals surface area contributed by atoms with Gasteiger partial charge < -0.3 is 15.1 Å². The first kappa shape index (κ1) is 15.0. The fourth-order valence-electron chi connectivity index (χ4n) is 2.74. The van der Waals surface area contributed by atoms with Crippen molar-refractivity contribution >= 4 is 11.6 Å². The number of rotatable bonds is 5. The third-order valence-electron chi connectivity index (χ3n) is 3.76. The highest BCUT2D eigenvalue weighted by Gasteiger charge is 2.49. The molecule has 4 nitrogen and oxygen atoms in total. The summed E-state index contributed by atoms with van der Waals surface area (Å²) in [6, 6.07) is 7.30. The first-order valence-electron chi connectivity index (χ1n) is 7.18. The van der Waals surface area contributed by atoms with Crippen LogP contribution in [0.2, 0.25) is 0 Å². The molecule has 1 heterocycles. The van der Waals surface area contributed by atoms with Crippen molar-refractivity contribution in [2.24, 2.45) is 5.92 Å². The maximum absolute atomic E-state index is 12.6. The van der Waals surface area contributed by atoms with Crippen molar-refractivity contribution in [3.63, 3.8) is 0 Å². The molecule has 1 aliphatic rings. The van der Waals surface area contributed by atoms with Crippen molar-refractivity contribution in [1.82, 2.24) is 0 Å². The molecule has 1 aliphatic heterocycles. The van der Waals surface area contributed by atoms with Gasteiger partial charge in [0.15, 0.2) is 5.60 Å². The van der Waals surface area contributed by atoms with Crippen LogP contribution in [0.15, 0.2) is 24.3 Å². The summed E-state index contributed by atoms with van der Waals surface area (Å²) in [5.41, 5.74) is -0.224. The van der Waals surface area contributed by atoms with Crippen LogP contribution in [0, 0.1) is 5.92 Å². The lowest BCUT2D eigenvalue weighted by atomic mass is 9.90. The first-order chi connectivity index (χ1) is 9.36. The molecule has 0 spiro atoms. The molecule has 0 fully saturated rings. The summed E-state index contributed by atoms with van der Waals surface area (Å²) in [5, 5.41) is 20.4. The fourth-order valence-corrected chi connectivity index (χ4v) is 2.74. The summed E-state index contributed by atoms with van der Waals surface area (Å²) in [5.74, 6) is 0.167. The number of para-hydroxylation sites is 1. The third-order valence-corrected chi connectivity index (χ3v) is 3.76. The minimum atomic E-state index is -1.60. The Labute approximate surface area is 120 Å². The van der Waals surface area contributed by atoms with Crippen LogP contribution in [-0.2, 0) is 10.4 Å². The summed E-state index contributed by atoms with van der Waals surface area (Å²) < 4.78 is 0. The van der Waals surface area contributed by atoms with E-state index in [0.29, 0.717) is 18.0 Å². The molecule has 110 valence electrons. The van der Waals surface area contributed by atoms with Gasteiger partial charge in [0.25, 0.3) is 5.91 Å². The molecule has 0 aromatic heterocycles. The molecule has 1 aromatic rings. The Bertz CT molecular complexity index is 498. The second-order valence-electron chi connectivity index (χ2n) is 6.07. The number of hydrogen-bond acceptors (Lipinski definition) is 3. The van der Waals surface area contributed by atoms with Gasteiger partial charge in [-0.25, -0.2) is 0 Å². The van der Waals surface area contributed by atoms with Crippen molar-refractivity contribution in [3.05, 3.63) is 29.8 Å². The van der Waals surface area contributed by atoms with Crippen LogP contribution >= 0.6 is 0 Å². The first-order valence-corrected chi connectivity index (χ1v) is 7.18. The summed E-state index contributed by atoms with van der Waals surface area (Å²) in [7, 11) is 0. The summed E-state index contributed by atoms with van der Waals surface area (Å²) >= 11 is 0. The molecule has 0 saturated heterocycles. The van der Waals surface area contributed by atoms with Crippen LogP contribution in [0.1, 0.15) is 39.2 Å². The number of fused-ring (bicyclic) bond motifs is 1. The fraction of sp³-hybridized carbons (Fsp3) is 0.562. The Hall–Kier alpha value is -1.39. The van der Waals surface area contributed by atoms with E-state index in [4.69, 9.17) is 0 Å². The molecule has 2 N–H and O–H groups in total. The second kappa shape index (κ2) is 5.54. The molecule has 2 atom stereocenters. The Kier molecular flexibility index (Phi) is 4.16. The zero-order valence-corrected chi connectivity index (χ0v) is 12.3. The van der Waals surface area contributed by atoms with Crippen LogP contribution in [0.3, 0.4) is 0 Å². The van der Waals surface area contributed by atoms with E-state index in [1.807, 2.05) is 18.2 Å². The second-order valence-corrected chi connectivity index (χ2v) is 6.07. The molecule has 0 bridgehead atoms. The average Bonchev–Trinajstić information content (AvgIpc) is 2.57. The topological polar surface area (TPSA) is 60.8 Å². The van der Waals surface area contributed by atoms with E-state index in [9.17, 15) is 15.0 Å². The molecule has 0 radical (unpaired) electrons. The monoisotopic (exact) mass is 277 g/mol. The van der Waals surface area contributed by atoms with Gasteiger partial charge in [0.1, 0.15) is 0 Å². The number of hydrogen-bond donors (Lipinski definition) is 2. The van der Waals surface area contributed by atoms with Gasteiger partial charge in [-0.15, -0.1) is 0 Å². The minimum absolute atomic E-state index is 0.0288. The maximum Gasteiger partial charge on any atom is 0.263 e. The SMILES string of the molecule is CC(C)CCN1C(=O)[C@](O)(C[C@@H](C)O)c2ccccc21. The lowest BCUT2D eigenvalue weighted by Gasteiger charge is -2.24. The lowest BCUT2D eigenvalue weighted by Crippen LogP contribution is -2.42. The van der Waals surface area contributed by atoms with Gasteiger partial charge in [-0.3, -0.25) is 4.79 Å². The van der Waals surface area contributed by atoms with E-state index in [1.165, 1.54) is 0 Å². The smallest absolute Gasteiger partial charge is 0.263 e. The quantitative estimate of drug-likeness (QED) is 0.866. The molecule has 20 heavy (non-hydrogen) atoms. The van der Waals surface area contributed by atoms with Gasteiger partial charge in [-0.2, -0.15) is 0 Å². The third kappa shape index (κ3) is 2.58. The van der Waals surface area contributed by atoms with E-state index >= 15 is 0 Å². The molecule has 1 amide bonds. The Balaban J connectivity index is 2.36. The van der Waals surface area contributed by atoms with E-state index in [1.54, 1.807) is 17.9 Å². The number of carbonyl (C=O) groups excluding carboxylic acids is 1. The van der Waals surface area contributed by atoms with Crippen LogP contribution in [0.4, 0.5) is 5.69 Å². The predicted octanol–water partition coefficient (Wildman–Crippen LogP) is 2.04. The lowest BCUT2D eigenvalue weighted by molar-refractivity contribution is -0.139. The van der Waals surface area contributed by atoms with Gasteiger partial charge >= 0.3 is 0 Å². The van der Waals surface area contributed by atoms with Gasteiger partial charge in [0.2, 0.25) is 0 Å². The van der Waals surface area contributed by atoms with Gasteiger partial charge in [-0.1, -0.05) is 32.0 Å². The Morgan fingerprint density at radius 2 is 1.90 bits per heavy atom. The molecule has 1 aromatic carbocycles. The zero-order chi connectivity index (χ0) is 14.9. The predicted molar refractivity (Wildman–Crippen MR) is 78.4 cm³/mol. The van der Waals surface area contributed by atoms with Gasteiger partial charge in [-0.05, 0) is 25.3 Å². The van der Waals surface area contributed by atoms with E-state index in [0.717, 1.165) is 12.1 Å². The molecular formula is C16H23NO3. The number of aliphatic hydroxyl groups is 2. The van der Waals surface area contributed by atoms with Gasteiger partial charge in [0.05, 0.1) is 11.8 Å². The number of amides is 1. The highest BCUT2D eigenvalue weighted by Crippen LogP contribution is 2.42. The minimum Gasteiger partial charge on any atom is -0.393 e. The number of aliphatic hydroxyl groups excluding tert-OH is 1. The summed E-state index contributed by atoms with van der Waals surface area (Å²) in [4.78, 5) is 14.2. The van der Waals surface area contributed by atoms with Crippen LogP contribution in [0.5, 0.6) is 0 Å². The largest absolute Gasteiger partial charge is 0.393 e. The van der Waals surface area contributed by atoms with Crippen molar-refractivity contribution in [2.45, 2.75) is 45.3 Å². The van der Waals surface area contributed by atoms with Crippen molar-refractivity contribution in [1.29, 1.82) is 0 Å². The van der Waals surface area contributed by atoms with E-state index in [2.05, 4.69) is 13.8 Å². The maximum atomic E-state index is 12.6. The van der Waals surface area contributed by atoms with Crippen LogP contribution < -0.4 is 4.90 Å². The Morgan fingerprint density at radius 1 is 1.25 bits per heavy atom. The standard InChI is InChI=1S/C16H23NO3/c1-11(2)8-9-17-14-7-5-4-6-13(14)16(20,15(17)19)10-12(3)18/h4-7,11-12,18,20H,8-10H2,1-3H3/t12-,16+/m1/s1. The average molecular weight is 277 g/mol. The summed E-state index contributed by atoms with van der Waals surface area (Å²) in [6.07, 6.45) is 0.174. The van der Waals surface area contributed by atoms with E-state index < -0.39 is 11.7 Å². The van der Waals surface area contributed by atoms with Crippen molar-refractivity contribution in [3.8, 4) is 0 Å². The Morgan fingerprint density at radius 3 is 2.50 bits per heavy atom. The number of anilines is 1. The molecule has 4 heteroatoms. The number of carbonyl (C=O) groups is 1. The molecule has 0 saturated carbocycles. The van der Waals surface area contributed by atoms with Gasteiger partial charge in [0, 0.05) is 18.5 Å². The van der Waals surface area contributed by atoms with Crippen LogP contribution in [0.25, 0.3) is 0 Å². The normalized spacial score (nSPS) is 23.3. The molecule has 0 unspecified atom stereocenters. The molecule has 0 aliphatic carbocycles. The highest BCUT2D eigenvalue weighted by atomic mass is 16.3. The van der Waals surface area contributed by atoms with Crippen molar-refractivity contribution < 1.29 is 15.0 Å². The molecule has 2 rings (SSSR count). The molecular weight excluding hydrogens is 254 g/mol. The highest BCUT2D eigenvalue weighted by molar-refractivity contribution is 6.06. The van der Waals surface area contributed by atoms with Crippen LogP contribution in [-0.4, -0.2) is 28.8 Å². The van der Waals surface area contributed by atoms with E-state index in [-0.39, 0.29) is 12.3 Å². The number of nitrogens with zero attached hydrogens (tertiary/aromatic N) is 1. The zero-order valence-electron chi connectivity index (χ0n) is 12.3. The van der Waals surface area contributed by atoms with Crippen molar-refractivity contribution in [2.75, 3.05) is 11.4 Å². The summed E-state index contributed by atoms with van der Waals surface area (Å²) in [6.45, 7) is 6.39.